The van der Waals surface area contributed by atoms with E-state index >= 15 is 0 Å². The number of carbonyl (C=O) groups excluding carboxylic acids is 1. The van der Waals surface area contributed by atoms with Crippen LogP contribution in [0, 0.1) is 11.3 Å². The number of piperidine rings is 1. The van der Waals surface area contributed by atoms with Crippen molar-refractivity contribution in [2.45, 2.75) is 45.1 Å². The Balaban J connectivity index is 1.81. The van der Waals surface area contributed by atoms with Crippen LogP contribution in [-0.4, -0.2) is 59.9 Å². The van der Waals surface area contributed by atoms with E-state index in [2.05, 4.69) is 4.90 Å². The molecule has 120 valence electrons. The van der Waals surface area contributed by atoms with E-state index in [0.717, 1.165) is 58.3 Å². The monoisotopic (exact) mass is 315 g/mol. The highest BCUT2D eigenvalue weighted by molar-refractivity contribution is 6.64. The van der Waals surface area contributed by atoms with Crippen molar-refractivity contribution in [3.8, 4) is 0 Å². The van der Waals surface area contributed by atoms with Crippen molar-refractivity contribution in [1.82, 2.24) is 9.80 Å². The van der Waals surface area contributed by atoms with Gasteiger partial charge in [-0.2, -0.15) is 0 Å². The number of hydrogen-bond acceptors (Lipinski definition) is 4. The average Bonchev–Trinajstić information content (AvgIpc) is 2.73. The molecule has 0 aromatic rings. The van der Waals surface area contributed by atoms with E-state index < -0.39 is 0 Å². The first-order chi connectivity index (χ1) is 10.1. The Labute approximate surface area is 132 Å². The molecule has 2 aliphatic heterocycles. The fraction of sp³-hybridized carbons (Fsp3) is 0.867. The largest absolute Gasteiger partial charge is 0.450 e. The zero-order valence-electron chi connectivity index (χ0n) is 12.8. The van der Waals surface area contributed by atoms with E-state index in [9.17, 15) is 4.79 Å². The average molecular weight is 316 g/mol. The van der Waals surface area contributed by atoms with Crippen molar-refractivity contribution in [1.29, 1.82) is 5.41 Å². The molecule has 2 heterocycles. The molecule has 0 aromatic heterocycles. The van der Waals surface area contributed by atoms with E-state index in [1.165, 1.54) is 0 Å². The highest BCUT2D eigenvalue weighted by Gasteiger charge is 2.29. The number of nitrogens with zero attached hydrogens (tertiary/aromatic N) is 2. The standard InChI is InChI=1S/C15H26ClN3O2/c1-2-21-15(20)19-8-3-4-13(7-11-19)18-9-5-12(6-10-18)14(16)17/h12-13,17H,2-11H2,1H3. The molecule has 5 nitrogen and oxygen atoms in total. The highest BCUT2D eigenvalue weighted by Crippen LogP contribution is 2.25. The minimum Gasteiger partial charge on any atom is -0.450 e. The molecule has 1 N–H and O–H groups in total. The number of likely N-dealkylation sites (tertiary alicyclic amines) is 2. The zero-order valence-corrected chi connectivity index (χ0v) is 13.6. The molecule has 2 rings (SSSR count). The number of ether oxygens (including phenoxy) is 1. The molecule has 21 heavy (non-hydrogen) atoms. The summed E-state index contributed by atoms with van der Waals surface area (Å²) in [7, 11) is 0. The van der Waals surface area contributed by atoms with Crippen LogP contribution < -0.4 is 0 Å². The van der Waals surface area contributed by atoms with Crippen molar-refractivity contribution < 1.29 is 9.53 Å². The smallest absolute Gasteiger partial charge is 0.409 e. The first-order valence-electron chi connectivity index (χ1n) is 8.01. The highest BCUT2D eigenvalue weighted by atomic mass is 35.5. The van der Waals surface area contributed by atoms with Gasteiger partial charge >= 0.3 is 6.09 Å². The van der Waals surface area contributed by atoms with Crippen molar-refractivity contribution >= 4 is 22.9 Å². The fourth-order valence-corrected chi connectivity index (χ4v) is 3.58. The predicted molar refractivity (Wildman–Crippen MR) is 84.1 cm³/mol. The number of carbonyl (C=O) groups is 1. The van der Waals surface area contributed by atoms with Crippen LogP contribution in [0.25, 0.3) is 0 Å². The van der Waals surface area contributed by atoms with Crippen LogP contribution in [0.5, 0.6) is 0 Å². The number of amides is 1. The fourth-order valence-electron chi connectivity index (χ4n) is 3.36. The van der Waals surface area contributed by atoms with Gasteiger partial charge in [0, 0.05) is 25.0 Å². The van der Waals surface area contributed by atoms with Gasteiger partial charge in [-0.05, 0) is 52.1 Å². The van der Waals surface area contributed by atoms with Crippen LogP contribution in [0.15, 0.2) is 0 Å². The normalized spacial score (nSPS) is 25.4. The molecule has 0 radical (unpaired) electrons. The number of rotatable bonds is 3. The van der Waals surface area contributed by atoms with E-state index in [-0.39, 0.29) is 12.0 Å². The van der Waals surface area contributed by atoms with Crippen molar-refractivity contribution in [2.75, 3.05) is 32.8 Å². The molecule has 0 spiro atoms. The molecule has 0 aromatic carbocycles. The Morgan fingerprint density at radius 2 is 1.90 bits per heavy atom. The van der Waals surface area contributed by atoms with Gasteiger partial charge in [-0.15, -0.1) is 0 Å². The van der Waals surface area contributed by atoms with Crippen LogP contribution in [0.2, 0.25) is 0 Å². The van der Waals surface area contributed by atoms with E-state index in [0.29, 0.717) is 17.8 Å². The third-order valence-corrected chi connectivity index (χ3v) is 4.94. The lowest BCUT2D eigenvalue weighted by Gasteiger charge is -2.36. The number of halogens is 1. The quantitative estimate of drug-likeness (QED) is 0.815. The summed E-state index contributed by atoms with van der Waals surface area (Å²) < 4.78 is 5.09. The summed E-state index contributed by atoms with van der Waals surface area (Å²) in [4.78, 5) is 16.2. The summed E-state index contributed by atoms with van der Waals surface area (Å²) in [6.45, 7) is 5.91. The second kappa shape index (κ2) is 7.99. The Bertz CT molecular complexity index is 370. The van der Waals surface area contributed by atoms with Crippen LogP contribution in [0.1, 0.15) is 39.0 Å². The summed E-state index contributed by atoms with van der Waals surface area (Å²) in [5.74, 6) is 0.254. The molecule has 0 saturated carbocycles. The van der Waals surface area contributed by atoms with Gasteiger partial charge in [-0.1, -0.05) is 11.6 Å². The molecule has 6 heteroatoms. The van der Waals surface area contributed by atoms with Gasteiger partial charge in [0.25, 0.3) is 0 Å². The van der Waals surface area contributed by atoms with Gasteiger partial charge in [-0.3, -0.25) is 5.41 Å². The molecule has 2 saturated heterocycles. The lowest BCUT2D eigenvalue weighted by molar-refractivity contribution is 0.105. The summed E-state index contributed by atoms with van der Waals surface area (Å²) in [6, 6.07) is 0.551. The Morgan fingerprint density at radius 3 is 2.52 bits per heavy atom. The second-order valence-electron chi connectivity index (χ2n) is 5.93. The summed E-state index contributed by atoms with van der Waals surface area (Å²) in [5.41, 5.74) is 0. The number of nitrogens with one attached hydrogen (secondary N) is 1. The summed E-state index contributed by atoms with van der Waals surface area (Å²) in [5, 5.41) is 7.85. The third-order valence-electron chi connectivity index (χ3n) is 4.63. The van der Waals surface area contributed by atoms with Gasteiger partial charge < -0.3 is 14.5 Å². The maximum absolute atomic E-state index is 11.8. The molecule has 2 aliphatic rings. The number of hydrogen-bond donors (Lipinski definition) is 1. The third kappa shape index (κ3) is 4.58. The Morgan fingerprint density at radius 1 is 1.19 bits per heavy atom. The molecule has 1 unspecified atom stereocenters. The first-order valence-corrected chi connectivity index (χ1v) is 8.39. The maximum Gasteiger partial charge on any atom is 0.409 e. The predicted octanol–water partition coefficient (Wildman–Crippen LogP) is 2.93. The van der Waals surface area contributed by atoms with Crippen LogP contribution in [0.4, 0.5) is 4.79 Å². The second-order valence-corrected chi connectivity index (χ2v) is 6.34. The topological polar surface area (TPSA) is 56.6 Å². The first kappa shape index (κ1) is 16.6. The minimum absolute atomic E-state index is 0.174. The Kier molecular flexibility index (Phi) is 6.30. The maximum atomic E-state index is 11.8. The van der Waals surface area contributed by atoms with Gasteiger partial charge in [-0.25, -0.2) is 4.79 Å². The van der Waals surface area contributed by atoms with Gasteiger partial charge in [0.15, 0.2) is 0 Å². The van der Waals surface area contributed by atoms with E-state index in [1.54, 1.807) is 0 Å². The summed E-state index contributed by atoms with van der Waals surface area (Å²) >= 11 is 5.81. The molecular formula is C15H26ClN3O2. The lowest BCUT2D eigenvalue weighted by atomic mass is 9.95. The Hall–Kier alpha value is -0.810. The molecular weight excluding hydrogens is 290 g/mol. The zero-order chi connectivity index (χ0) is 15.2. The van der Waals surface area contributed by atoms with Gasteiger partial charge in [0.05, 0.1) is 6.61 Å². The SMILES string of the molecule is CCOC(=O)N1CCCC(N2CCC(C(=N)Cl)CC2)CC1. The molecule has 0 aliphatic carbocycles. The van der Waals surface area contributed by atoms with Crippen LogP contribution >= 0.6 is 11.6 Å². The van der Waals surface area contributed by atoms with E-state index in [1.807, 2.05) is 11.8 Å². The molecule has 0 bridgehead atoms. The van der Waals surface area contributed by atoms with Crippen molar-refractivity contribution in [3.05, 3.63) is 0 Å². The van der Waals surface area contributed by atoms with Crippen LogP contribution in [-0.2, 0) is 4.74 Å². The van der Waals surface area contributed by atoms with E-state index in [4.69, 9.17) is 21.7 Å². The molecule has 2 fully saturated rings. The van der Waals surface area contributed by atoms with Gasteiger partial charge in [0.2, 0.25) is 0 Å². The lowest BCUT2D eigenvalue weighted by Crippen LogP contribution is -2.43. The van der Waals surface area contributed by atoms with Crippen molar-refractivity contribution in [3.63, 3.8) is 0 Å². The van der Waals surface area contributed by atoms with Gasteiger partial charge in [0.1, 0.15) is 5.17 Å². The molecule has 1 atom stereocenters. The summed E-state index contributed by atoms with van der Waals surface area (Å²) in [6.07, 6.45) is 4.99. The molecule has 1 amide bonds. The minimum atomic E-state index is -0.174. The van der Waals surface area contributed by atoms with Crippen LogP contribution in [0.3, 0.4) is 0 Å². The van der Waals surface area contributed by atoms with Crippen molar-refractivity contribution in [2.24, 2.45) is 5.92 Å².